The molecule has 9 nitrogen and oxygen atoms in total. The van der Waals surface area contributed by atoms with Gasteiger partial charge in [-0.05, 0) is 39.3 Å². The fourth-order valence-corrected chi connectivity index (χ4v) is 3.58. The molecule has 0 heterocycles. The van der Waals surface area contributed by atoms with Crippen LogP contribution in [0.4, 0.5) is 0 Å². The lowest BCUT2D eigenvalue weighted by Crippen LogP contribution is -2.39. The van der Waals surface area contributed by atoms with Crippen molar-refractivity contribution in [3.8, 4) is 5.75 Å². The van der Waals surface area contributed by atoms with Crippen LogP contribution < -0.4 is 9.61 Å². The predicted octanol–water partition coefficient (Wildman–Crippen LogP) is 2.78. The summed E-state index contributed by atoms with van der Waals surface area (Å²) in [6.45, 7) is 5.07. The number of rotatable bonds is 12. The van der Waals surface area contributed by atoms with E-state index in [1.807, 2.05) is 0 Å². The summed E-state index contributed by atoms with van der Waals surface area (Å²) in [6.07, 6.45) is 0.331. The molecule has 0 saturated carbocycles. The van der Waals surface area contributed by atoms with Crippen molar-refractivity contribution in [2.75, 3.05) is 6.61 Å². The van der Waals surface area contributed by atoms with Gasteiger partial charge in [0, 0.05) is 6.42 Å². The van der Waals surface area contributed by atoms with Crippen molar-refractivity contribution in [3.63, 3.8) is 0 Å². The highest BCUT2D eigenvalue weighted by Gasteiger charge is 2.34. The molecule has 148 valence electrons. The van der Waals surface area contributed by atoms with Crippen molar-refractivity contribution < 1.29 is 32.7 Å². The molecule has 1 aromatic carbocycles. The van der Waals surface area contributed by atoms with Gasteiger partial charge in [0.25, 0.3) is 0 Å². The Hall–Kier alpha value is -2.31. The first-order valence-electron chi connectivity index (χ1n) is 8.49. The van der Waals surface area contributed by atoms with Gasteiger partial charge in [0.2, 0.25) is 5.78 Å². The summed E-state index contributed by atoms with van der Waals surface area (Å²) >= 11 is 0. The van der Waals surface area contributed by atoms with Crippen LogP contribution in [0.2, 0.25) is 0 Å². The predicted molar refractivity (Wildman–Crippen MR) is 97.7 cm³/mol. The van der Waals surface area contributed by atoms with E-state index in [0.717, 1.165) is 6.21 Å². The van der Waals surface area contributed by atoms with Crippen molar-refractivity contribution >= 4 is 25.7 Å². The Morgan fingerprint density at radius 1 is 1.30 bits per heavy atom. The smallest absolute Gasteiger partial charge is 0.459 e. The number of hydrogen-bond donors (Lipinski definition) is 2. The molecular weight excluding hydrogens is 373 g/mol. The first-order valence-corrected chi connectivity index (χ1v) is 10.0. The highest BCUT2D eigenvalue weighted by atomic mass is 31.2. The van der Waals surface area contributed by atoms with Crippen molar-refractivity contribution in [2.45, 2.75) is 45.8 Å². The molecule has 1 rings (SSSR count). The summed E-state index contributed by atoms with van der Waals surface area (Å²) in [7, 11) is -3.90. The Labute approximate surface area is 158 Å². The Balaban J connectivity index is 2.98. The quantitative estimate of drug-likeness (QED) is 0.182. The number of hydrogen-bond acceptors (Lipinski definition) is 7. The Kier molecular flexibility index (Phi) is 9.61. The zero-order valence-corrected chi connectivity index (χ0v) is 16.5. The fourth-order valence-electron chi connectivity index (χ4n) is 2.04. The fraction of sp³-hybridized carbons (Fsp3) is 0.471. The van der Waals surface area contributed by atoms with Gasteiger partial charge in [0.05, 0.1) is 23.0 Å². The van der Waals surface area contributed by atoms with E-state index in [2.05, 4.69) is 9.88 Å². The topological polar surface area (TPSA) is 129 Å². The number of ketones is 1. The van der Waals surface area contributed by atoms with Crippen LogP contribution in [0.1, 0.15) is 33.6 Å². The number of Topliss-reactive ketones (excluding diaryl/α,β-unsaturated/α-hetero) is 1. The van der Waals surface area contributed by atoms with Crippen LogP contribution in [0.25, 0.3) is 0 Å². The Morgan fingerprint density at radius 2 is 1.96 bits per heavy atom. The summed E-state index contributed by atoms with van der Waals surface area (Å²) in [6, 6.07) is 7.28. The molecule has 0 radical (unpaired) electrons. The molecule has 0 bridgehead atoms. The molecule has 0 saturated heterocycles. The zero-order valence-electron chi connectivity index (χ0n) is 15.6. The second-order valence-electron chi connectivity index (χ2n) is 5.75. The van der Waals surface area contributed by atoms with Gasteiger partial charge >= 0.3 is 19.9 Å². The molecule has 1 unspecified atom stereocenters. The molecule has 0 aliphatic heterocycles. The number of ether oxygens (including phenoxy) is 1. The van der Waals surface area contributed by atoms with Crippen LogP contribution in [-0.2, 0) is 23.4 Å². The second-order valence-corrected chi connectivity index (χ2v) is 7.44. The summed E-state index contributed by atoms with van der Waals surface area (Å²) in [4.78, 5) is 26.9. The van der Waals surface area contributed by atoms with E-state index in [4.69, 9.17) is 19.3 Å². The zero-order chi connectivity index (χ0) is 20.3. The lowest BCUT2D eigenvalue weighted by Gasteiger charge is -2.24. The van der Waals surface area contributed by atoms with E-state index < -0.39 is 31.6 Å². The molecule has 0 aliphatic rings. The van der Waals surface area contributed by atoms with Crippen molar-refractivity contribution in [3.05, 3.63) is 30.3 Å². The monoisotopic (exact) mass is 398 g/mol. The number of nitrogens with zero attached hydrogens (tertiary/aromatic N) is 1. The Morgan fingerprint density at radius 3 is 2.52 bits per heavy atom. The van der Waals surface area contributed by atoms with Crippen LogP contribution in [0.3, 0.4) is 0 Å². The molecule has 2 atom stereocenters. The maximum absolute atomic E-state index is 13.0. The van der Waals surface area contributed by atoms with Crippen LogP contribution in [-0.4, -0.2) is 41.5 Å². The molecule has 27 heavy (non-hydrogen) atoms. The van der Waals surface area contributed by atoms with E-state index in [0.29, 0.717) is 5.75 Å². The van der Waals surface area contributed by atoms with Crippen LogP contribution in [0, 0.1) is 5.53 Å². The number of carbonyl (C=O) groups excluding carboxylic acids is 2. The molecule has 0 amide bonds. The highest BCUT2D eigenvalue weighted by molar-refractivity contribution is 7.52. The van der Waals surface area contributed by atoms with Gasteiger partial charge < -0.3 is 9.26 Å². The minimum atomic E-state index is -3.90. The van der Waals surface area contributed by atoms with Crippen LogP contribution in [0.15, 0.2) is 30.3 Å². The first-order chi connectivity index (χ1) is 12.8. The average Bonchev–Trinajstić information content (AvgIpc) is 2.59. The Bertz CT molecular complexity index is 719. The molecule has 0 aromatic heterocycles. The molecule has 0 aliphatic carbocycles. The molecule has 2 N–H and O–H groups in total. The minimum Gasteiger partial charge on any atom is -0.462 e. The maximum atomic E-state index is 13.0. The van der Waals surface area contributed by atoms with E-state index in [9.17, 15) is 14.2 Å². The first kappa shape index (κ1) is 22.7. The molecular formula is C17H25N3O6P+. The number of carbonyl (C=O) groups is 2. The lowest BCUT2D eigenvalue weighted by atomic mass is 10.1. The van der Waals surface area contributed by atoms with Gasteiger partial charge in [0.15, 0.2) is 0 Å². The van der Waals surface area contributed by atoms with Crippen molar-refractivity contribution in [1.29, 1.82) is 5.53 Å². The van der Waals surface area contributed by atoms with Gasteiger partial charge in [-0.3, -0.25) is 14.1 Å². The minimum absolute atomic E-state index is 0.0222. The third-order valence-corrected chi connectivity index (χ3v) is 4.78. The third-order valence-electron chi connectivity index (χ3n) is 3.11. The van der Waals surface area contributed by atoms with Gasteiger partial charge in [0.1, 0.15) is 11.8 Å². The van der Waals surface area contributed by atoms with Crippen molar-refractivity contribution in [1.82, 2.24) is 5.09 Å². The largest absolute Gasteiger partial charge is 0.462 e. The number of para-hydroxylation sites is 1. The van der Waals surface area contributed by atoms with E-state index >= 15 is 0 Å². The van der Waals surface area contributed by atoms with Gasteiger partial charge in [-0.25, -0.2) is 4.57 Å². The molecule has 10 heteroatoms. The van der Waals surface area contributed by atoms with Crippen LogP contribution in [0.5, 0.6) is 5.75 Å². The maximum Gasteiger partial charge on any atom is 0.459 e. The highest BCUT2D eigenvalue weighted by Crippen LogP contribution is 2.45. The normalized spacial score (nSPS) is 13.9. The average molecular weight is 398 g/mol. The molecule has 0 spiro atoms. The van der Waals surface area contributed by atoms with Gasteiger partial charge in [-0.15, -0.1) is 0 Å². The van der Waals surface area contributed by atoms with Crippen LogP contribution >= 0.6 is 7.75 Å². The second kappa shape index (κ2) is 11.4. The SMILES string of the molecule is CCOP(=O)(N[C@@H](CCC(=O)C=[N+]=N)C(=O)OC(C)C)Oc1ccccc1. The van der Waals surface area contributed by atoms with E-state index in [1.54, 1.807) is 51.1 Å². The molecule has 0 fully saturated rings. The summed E-state index contributed by atoms with van der Waals surface area (Å²) in [5.74, 6) is -0.822. The molecule has 1 aromatic rings. The summed E-state index contributed by atoms with van der Waals surface area (Å²) in [5.41, 5.74) is 6.68. The third kappa shape index (κ3) is 8.75. The summed E-state index contributed by atoms with van der Waals surface area (Å²) in [5, 5.41) is 2.58. The lowest BCUT2D eigenvalue weighted by molar-refractivity contribution is -0.149. The van der Waals surface area contributed by atoms with Gasteiger partial charge in [-0.1, -0.05) is 18.2 Å². The number of esters is 1. The van der Waals surface area contributed by atoms with Gasteiger partial charge in [-0.2, -0.15) is 5.09 Å². The summed E-state index contributed by atoms with van der Waals surface area (Å²) < 4.78 is 28.9. The number of nitrogens with one attached hydrogen (secondary N) is 2. The number of benzene rings is 1. The van der Waals surface area contributed by atoms with E-state index in [1.165, 1.54) is 0 Å². The van der Waals surface area contributed by atoms with Crippen molar-refractivity contribution in [2.24, 2.45) is 0 Å². The van der Waals surface area contributed by atoms with E-state index in [-0.39, 0.29) is 19.4 Å². The standard InChI is InChI=1S/C17H25N3O6P/c1-4-24-27(23,26-15-8-6-5-7-9-15)20-16(17(22)25-13(2)3)11-10-14(21)12-19-18/h5-9,12-13,16,18H,4,10-11H2,1-3H3,(H,20,23)/q+1/t16-,27?/m0/s1.